The zero-order valence-corrected chi connectivity index (χ0v) is 16.7. The van der Waals surface area contributed by atoms with Crippen LogP contribution < -0.4 is 5.32 Å². The molecule has 0 fully saturated rings. The highest BCUT2D eigenvalue weighted by atomic mass is 79.9. The highest BCUT2D eigenvalue weighted by Crippen LogP contribution is 2.12. The molecule has 0 saturated carbocycles. The van der Waals surface area contributed by atoms with E-state index < -0.39 is 0 Å². The van der Waals surface area contributed by atoms with Gasteiger partial charge in [0.1, 0.15) is 0 Å². The van der Waals surface area contributed by atoms with Crippen LogP contribution in [0.1, 0.15) is 35.2 Å². The summed E-state index contributed by atoms with van der Waals surface area (Å²) in [5, 5.41) is 2.89. The lowest BCUT2D eigenvalue weighted by Gasteiger charge is -2.16. The van der Waals surface area contributed by atoms with Gasteiger partial charge in [-0.2, -0.15) is 0 Å². The maximum absolute atomic E-state index is 12.1. The van der Waals surface area contributed by atoms with Crippen molar-refractivity contribution in [1.82, 2.24) is 10.2 Å². The maximum atomic E-state index is 12.1. The first-order chi connectivity index (χ1) is 12.5. The van der Waals surface area contributed by atoms with E-state index in [0.29, 0.717) is 12.1 Å². The Hall–Kier alpha value is -1.98. The minimum Gasteiger partial charge on any atom is -0.356 e. The van der Waals surface area contributed by atoms with Crippen molar-refractivity contribution in [1.29, 1.82) is 0 Å². The zero-order valence-electron chi connectivity index (χ0n) is 15.1. The van der Waals surface area contributed by atoms with Crippen LogP contribution in [-0.4, -0.2) is 36.7 Å². The van der Waals surface area contributed by atoms with E-state index >= 15 is 0 Å². The molecule has 0 radical (unpaired) electrons. The lowest BCUT2D eigenvalue weighted by atomic mass is 10.1. The minimum absolute atomic E-state index is 0.00440. The molecule has 1 amide bonds. The second kappa shape index (κ2) is 10.9. The Bertz CT molecular complexity index is 702. The van der Waals surface area contributed by atoms with Crippen molar-refractivity contribution in [2.75, 3.05) is 20.1 Å². The number of benzene rings is 2. The number of rotatable bonds is 10. The number of hydrogen-bond acceptors (Lipinski definition) is 3. The Morgan fingerprint density at radius 2 is 1.69 bits per heavy atom. The number of nitrogens with one attached hydrogen (secondary N) is 1. The van der Waals surface area contributed by atoms with E-state index in [1.807, 2.05) is 30.3 Å². The van der Waals surface area contributed by atoms with Gasteiger partial charge in [-0.1, -0.05) is 58.4 Å². The molecule has 138 valence electrons. The van der Waals surface area contributed by atoms with E-state index in [1.165, 1.54) is 5.56 Å². The van der Waals surface area contributed by atoms with Gasteiger partial charge in [-0.05, 0) is 37.7 Å². The molecule has 2 aromatic carbocycles. The predicted octanol–water partition coefficient (Wildman–Crippen LogP) is 4.05. The number of amides is 1. The molecular formula is C21H25BrN2O2. The normalized spacial score (nSPS) is 10.7. The SMILES string of the molecule is CN(CCCNC(=O)CCC(=O)c1ccc(Br)cc1)Cc1ccccc1. The van der Waals surface area contributed by atoms with Gasteiger partial charge >= 0.3 is 0 Å². The third-order valence-corrected chi connectivity index (χ3v) is 4.61. The van der Waals surface area contributed by atoms with Crippen molar-refractivity contribution in [3.05, 3.63) is 70.2 Å². The largest absolute Gasteiger partial charge is 0.356 e. The number of halogens is 1. The van der Waals surface area contributed by atoms with Crippen LogP contribution in [0.5, 0.6) is 0 Å². The Morgan fingerprint density at radius 1 is 1.00 bits per heavy atom. The molecule has 0 saturated heterocycles. The van der Waals surface area contributed by atoms with E-state index in [-0.39, 0.29) is 24.5 Å². The van der Waals surface area contributed by atoms with Crippen LogP contribution in [0.15, 0.2) is 59.1 Å². The summed E-state index contributed by atoms with van der Waals surface area (Å²) >= 11 is 3.34. The van der Waals surface area contributed by atoms with Gasteiger partial charge in [-0.15, -0.1) is 0 Å². The molecule has 1 N–H and O–H groups in total. The molecule has 0 aliphatic carbocycles. The molecule has 4 nitrogen and oxygen atoms in total. The van der Waals surface area contributed by atoms with E-state index in [1.54, 1.807) is 12.1 Å². The highest BCUT2D eigenvalue weighted by Gasteiger charge is 2.09. The molecule has 0 aliphatic rings. The standard InChI is InChI=1S/C21H25BrN2O2/c1-24(16-17-6-3-2-4-7-17)15-5-14-23-21(26)13-12-20(25)18-8-10-19(22)11-9-18/h2-4,6-11H,5,12-16H2,1H3,(H,23,26). The average molecular weight is 417 g/mol. The van der Waals surface area contributed by atoms with Crippen LogP contribution in [-0.2, 0) is 11.3 Å². The zero-order chi connectivity index (χ0) is 18.8. The number of ketones is 1. The van der Waals surface area contributed by atoms with Gasteiger partial charge in [0.15, 0.2) is 5.78 Å². The van der Waals surface area contributed by atoms with Crippen molar-refractivity contribution >= 4 is 27.6 Å². The van der Waals surface area contributed by atoms with Crippen molar-refractivity contribution in [3.63, 3.8) is 0 Å². The summed E-state index contributed by atoms with van der Waals surface area (Å²) in [5.74, 6) is -0.0728. The number of carbonyl (C=O) groups excluding carboxylic acids is 2. The highest BCUT2D eigenvalue weighted by molar-refractivity contribution is 9.10. The fourth-order valence-corrected chi connectivity index (χ4v) is 2.91. The number of hydrogen-bond donors (Lipinski definition) is 1. The van der Waals surface area contributed by atoms with Crippen LogP contribution in [0, 0.1) is 0 Å². The van der Waals surface area contributed by atoms with E-state index in [2.05, 4.69) is 45.3 Å². The topological polar surface area (TPSA) is 49.4 Å². The van der Waals surface area contributed by atoms with E-state index in [4.69, 9.17) is 0 Å². The van der Waals surface area contributed by atoms with E-state index in [0.717, 1.165) is 24.0 Å². The van der Waals surface area contributed by atoms with Gasteiger partial charge in [0, 0.05) is 36.0 Å². The minimum atomic E-state index is -0.0684. The van der Waals surface area contributed by atoms with Crippen LogP contribution >= 0.6 is 15.9 Å². The smallest absolute Gasteiger partial charge is 0.220 e. The molecule has 0 bridgehead atoms. The Morgan fingerprint density at radius 3 is 2.38 bits per heavy atom. The molecule has 0 heterocycles. The average Bonchev–Trinajstić information content (AvgIpc) is 2.64. The first-order valence-corrected chi connectivity index (χ1v) is 9.62. The Balaban J connectivity index is 1.58. The molecular weight excluding hydrogens is 392 g/mol. The van der Waals surface area contributed by atoms with E-state index in [9.17, 15) is 9.59 Å². The first-order valence-electron chi connectivity index (χ1n) is 8.82. The quantitative estimate of drug-likeness (QED) is 0.469. The van der Waals surface area contributed by atoms with Crippen molar-refractivity contribution in [2.45, 2.75) is 25.8 Å². The van der Waals surface area contributed by atoms with Crippen LogP contribution in [0.4, 0.5) is 0 Å². The molecule has 26 heavy (non-hydrogen) atoms. The number of carbonyl (C=O) groups is 2. The summed E-state index contributed by atoms with van der Waals surface area (Å²) in [5.41, 5.74) is 1.93. The van der Waals surface area contributed by atoms with Crippen LogP contribution in [0.2, 0.25) is 0 Å². The number of Topliss-reactive ketones (excluding diaryl/α,β-unsaturated/α-hetero) is 1. The van der Waals surface area contributed by atoms with Crippen LogP contribution in [0.3, 0.4) is 0 Å². The van der Waals surface area contributed by atoms with Gasteiger partial charge in [0.2, 0.25) is 5.91 Å². The summed E-state index contributed by atoms with van der Waals surface area (Å²) in [6.45, 7) is 2.44. The molecule has 0 spiro atoms. The van der Waals surface area contributed by atoms with Gasteiger partial charge in [-0.25, -0.2) is 0 Å². The first kappa shape index (κ1) is 20.3. The van der Waals surface area contributed by atoms with Gasteiger partial charge in [0.25, 0.3) is 0 Å². The molecule has 0 unspecified atom stereocenters. The summed E-state index contributed by atoms with van der Waals surface area (Å²) in [6.07, 6.45) is 1.35. The van der Waals surface area contributed by atoms with Gasteiger partial charge < -0.3 is 10.2 Å². The Kier molecular flexibility index (Phi) is 8.51. The fraction of sp³-hybridized carbons (Fsp3) is 0.333. The molecule has 0 aromatic heterocycles. The Labute approximate surface area is 163 Å². The van der Waals surface area contributed by atoms with Crippen molar-refractivity contribution in [3.8, 4) is 0 Å². The summed E-state index contributed by atoms with van der Waals surface area (Å²) in [7, 11) is 2.08. The molecule has 5 heteroatoms. The summed E-state index contributed by atoms with van der Waals surface area (Å²) in [4.78, 5) is 26.2. The summed E-state index contributed by atoms with van der Waals surface area (Å²) < 4.78 is 0.934. The molecule has 2 rings (SSSR count). The molecule has 0 aliphatic heterocycles. The van der Waals surface area contributed by atoms with Crippen LogP contribution in [0.25, 0.3) is 0 Å². The number of nitrogens with zero attached hydrogens (tertiary/aromatic N) is 1. The third-order valence-electron chi connectivity index (χ3n) is 4.08. The summed E-state index contributed by atoms with van der Waals surface area (Å²) in [6, 6.07) is 17.5. The van der Waals surface area contributed by atoms with Crippen molar-refractivity contribution in [2.24, 2.45) is 0 Å². The fourth-order valence-electron chi connectivity index (χ4n) is 2.65. The van der Waals surface area contributed by atoms with Gasteiger partial charge in [-0.3, -0.25) is 9.59 Å². The molecule has 2 aromatic rings. The second-order valence-corrected chi connectivity index (χ2v) is 7.27. The second-order valence-electron chi connectivity index (χ2n) is 6.36. The molecule has 0 atom stereocenters. The lowest BCUT2D eigenvalue weighted by Crippen LogP contribution is -2.28. The van der Waals surface area contributed by atoms with Crippen molar-refractivity contribution < 1.29 is 9.59 Å². The maximum Gasteiger partial charge on any atom is 0.220 e. The monoisotopic (exact) mass is 416 g/mol. The lowest BCUT2D eigenvalue weighted by molar-refractivity contribution is -0.121. The van der Waals surface area contributed by atoms with Gasteiger partial charge in [0.05, 0.1) is 0 Å². The third kappa shape index (κ3) is 7.50. The predicted molar refractivity (Wildman–Crippen MR) is 108 cm³/mol.